The monoisotopic (exact) mass is 325 g/mol. The molecule has 0 spiro atoms. The SMILES string of the molecule is C[C@@H]1CN(C(=O)OC(C)(C)C)CC[C@H]1I. The smallest absolute Gasteiger partial charge is 0.410 e. The summed E-state index contributed by atoms with van der Waals surface area (Å²) in [6.45, 7) is 9.54. The fourth-order valence-electron chi connectivity index (χ4n) is 1.61. The molecule has 0 saturated carbocycles. The molecule has 0 bridgehead atoms. The highest BCUT2D eigenvalue weighted by Crippen LogP contribution is 2.24. The molecule has 2 atom stereocenters. The van der Waals surface area contributed by atoms with Gasteiger partial charge in [-0.1, -0.05) is 29.5 Å². The first kappa shape index (κ1) is 13.1. The Kier molecular flexibility index (Phi) is 4.26. The van der Waals surface area contributed by atoms with Crippen LogP contribution in [0.2, 0.25) is 0 Å². The minimum absolute atomic E-state index is 0.169. The summed E-state index contributed by atoms with van der Waals surface area (Å²) in [4.78, 5) is 13.6. The Morgan fingerprint density at radius 2 is 2.07 bits per heavy atom. The topological polar surface area (TPSA) is 29.5 Å². The van der Waals surface area contributed by atoms with E-state index in [9.17, 15) is 4.79 Å². The van der Waals surface area contributed by atoms with Crippen molar-refractivity contribution < 1.29 is 9.53 Å². The second kappa shape index (κ2) is 4.89. The number of alkyl halides is 1. The lowest BCUT2D eigenvalue weighted by Crippen LogP contribution is -2.45. The fourth-order valence-corrected chi connectivity index (χ4v) is 2.12. The van der Waals surface area contributed by atoms with Gasteiger partial charge in [0.1, 0.15) is 5.60 Å². The summed E-state index contributed by atoms with van der Waals surface area (Å²) in [5.74, 6) is 0.562. The van der Waals surface area contributed by atoms with Crippen molar-refractivity contribution in [3.8, 4) is 0 Å². The van der Waals surface area contributed by atoms with Crippen LogP contribution in [0.4, 0.5) is 4.79 Å². The minimum Gasteiger partial charge on any atom is -0.444 e. The van der Waals surface area contributed by atoms with E-state index in [4.69, 9.17) is 4.74 Å². The second-order valence-corrected chi connectivity index (χ2v) is 6.81. The number of rotatable bonds is 0. The van der Waals surface area contributed by atoms with Crippen molar-refractivity contribution in [2.75, 3.05) is 13.1 Å². The molecule has 15 heavy (non-hydrogen) atoms. The summed E-state index contributed by atoms with van der Waals surface area (Å²) in [5, 5.41) is 0. The van der Waals surface area contributed by atoms with Gasteiger partial charge in [-0.3, -0.25) is 0 Å². The number of nitrogens with zero attached hydrogens (tertiary/aromatic N) is 1. The average Bonchev–Trinajstić information content (AvgIpc) is 2.06. The summed E-state index contributed by atoms with van der Waals surface area (Å²) in [7, 11) is 0. The van der Waals surface area contributed by atoms with Gasteiger partial charge in [0.15, 0.2) is 0 Å². The molecular weight excluding hydrogens is 305 g/mol. The number of hydrogen-bond acceptors (Lipinski definition) is 2. The van der Waals surface area contributed by atoms with Crippen molar-refractivity contribution in [1.29, 1.82) is 0 Å². The number of piperidine rings is 1. The van der Waals surface area contributed by atoms with Gasteiger partial charge in [-0.25, -0.2) is 4.79 Å². The van der Waals surface area contributed by atoms with Crippen LogP contribution in [0, 0.1) is 5.92 Å². The molecule has 4 heteroatoms. The van der Waals surface area contributed by atoms with E-state index in [0.29, 0.717) is 9.84 Å². The molecular formula is C11H20INO2. The first-order chi connectivity index (χ1) is 6.79. The minimum atomic E-state index is -0.387. The lowest BCUT2D eigenvalue weighted by atomic mass is 10.0. The van der Waals surface area contributed by atoms with Gasteiger partial charge >= 0.3 is 6.09 Å². The van der Waals surface area contributed by atoms with Crippen molar-refractivity contribution in [2.45, 2.75) is 43.6 Å². The summed E-state index contributed by atoms with van der Waals surface area (Å²) in [5.41, 5.74) is -0.387. The Morgan fingerprint density at radius 1 is 1.47 bits per heavy atom. The van der Waals surface area contributed by atoms with Crippen LogP contribution in [-0.4, -0.2) is 33.6 Å². The molecule has 1 rings (SSSR count). The average molecular weight is 325 g/mol. The van der Waals surface area contributed by atoms with Crippen molar-refractivity contribution in [3.05, 3.63) is 0 Å². The van der Waals surface area contributed by atoms with Crippen LogP contribution in [0.3, 0.4) is 0 Å². The fraction of sp³-hybridized carbons (Fsp3) is 0.909. The summed E-state index contributed by atoms with van der Waals surface area (Å²) < 4.78 is 6.03. The summed E-state index contributed by atoms with van der Waals surface area (Å²) in [6.07, 6.45) is 0.902. The van der Waals surface area contributed by atoms with Gasteiger partial charge in [0, 0.05) is 17.0 Å². The number of likely N-dealkylation sites (tertiary alicyclic amines) is 1. The number of halogens is 1. The molecule has 1 fully saturated rings. The molecule has 1 amide bonds. The quantitative estimate of drug-likeness (QED) is 0.506. The molecule has 0 aromatic rings. The Balaban J connectivity index is 2.48. The van der Waals surface area contributed by atoms with E-state index in [-0.39, 0.29) is 11.7 Å². The third kappa shape index (κ3) is 4.17. The maximum Gasteiger partial charge on any atom is 0.410 e. The first-order valence-electron chi connectivity index (χ1n) is 5.41. The highest BCUT2D eigenvalue weighted by molar-refractivity contribution is 14.1. The van der Waals surface area contributed by atoms with Gasteiger partial charge in [-0.15, -0.1) is 0 Å². The van der Waals surface area contributed by atoms with Crippen molar-refractivity contribution in [2.24, 2.45) is 5.92 Å². The van der Waals surface area contributed by atoms with Crippen molar-refractivity contribution in [3.63, 3.8) is 0 Å². The molecule has 1 saturated heterocycles. The number of amides is 1. The van der Waals surface area contributed by atoms with Crippen LogP contribution in [0.15, 0.2) is 0 Å². The zero-order chi connectivity index (χ0) is 11.6. The van der Waals surface area contributed by atoms with Gasteiger partial charge in [-0.2, -0.15) is 0 Å². The van der Waals surface area contributed by atoms with Crippen LogP contribution < -0.4 is 0 Å². The van der Waals surface area contributed by atoms with Crippen molar-refractivity contribution in [1.82, 2.24) is 4.90 Å². The number of hydrogen-bond donors (Lipinski definition) is 0. The van der Waals surface area contributed by atoms with Crippen LogP contribution in [-0.2, 0) is 4.74 Å². The van der Waals surface area contributed by atoms with Gasteiger partial charge in [0.05, 0.1) is 0 Å². The van der Waals surface area contributed by atoms with E-state index in [0.717, 1.165) is 19.5 Å². The third-order valence-corrected chi connectivity index (χ3v) is 4.30. The molecule has 88 valence electrons. The van der Waals surface area contributed by atoms with Gasteiger partial charge in [0.25, 0.3) is 0 Å². The molecule has 1 heterocycles. The predicted octanol–water partition coefficient (Wildman–Crippen LogP) is 3.07. The van der Waals surface area contributed by atoms with Gasteiger partial charge in [0.2, 0.25) is 0 Å². The molecule has 0 aliphatic carbocycles. The number of carbonyl (C=O) groups excluding carboxylic acids is 1. The first-order valence-corrected chi connectivity index (χ1v) is 6.66. The Labute approximate surface area is 106 Å². The number of ether oxygens (including phenoxy) is 1. The second-order valence-electron chi connectivity index (χ2n) is 5.21. The molecule has 0 aromatic carbocycles. The van der Waals surface area contributed by atoms with E-state index in [1.807, 2.05) is 25.7 Å². The van der Waals surface area contributed by atoms with Gasteiger partial charge < -0.3 is 9.64 Å². The lowest BCUT2D eigenvalue weighted by molar-refractivity contribution is 0.0184. The molecule has 0 unspecified atom stereocenters. The maximum atomic E-state index is 11.8. The van der Waals surface area contributed by atoms with E-state index in [1.54, 1.807) is 0 Å². The largest absolute Gasteiger partial charge is 0.444 e. The van der Waals surface area contributed by atoms with Crippen LogP contribution >= 0.6 is 22.6 Å². The highest BCUT2D eigenvalue weighted by atomic mass is 127. The van der Waals surface area contributed by atoms with E-state index < -0.39 is 0 Å². The van der Waals surface area contributed by atoms with E-state index in [2.05, 4.69) is 29.5 Å². The third-order valence-electron chi connectivity index (χ3n) is 2.45. The van der Waals surface area contributed by atoms with E-state index >= 15 is 0 Å². The summed E-state index contributed by atoms with van der Waals surface area (Å²) >= 11 is 2.47. The number of carbonyl (C=O) groups is 1. The van der Waals surface area contributed by atoms with Crippen LogP contribution in [0.5, 0.6) is 0 Å². The molecule has 0 radical (unpaired) electrons. The van der Waals surface area contributed by atoms with Gasteiger partial charge in [-0.05, 0) is 33.1 Å². The van der Waals surface area contributed by atoms with E-state index in [1.165, 1.54) is 0 Å². The summed E-state index contributed by atoms with van der Waals surface area (Å²) in [6, 6.07) is 0. The zero-order valence-electron chi connectivity index (χ0n) is 9.92. The van der Waals surface area contributed by atoms with Crippen molar-refractivity contribution >= 4 is 28.7 Å². The molecule has 1 aliphatic rings. The highest BCUT2D eigenvalue weighted by Gasteiger charge is 2.29. The Morgan fingerprint density at radius 3 is 2.53 bits per heavy atom. The lowest BCUT2D eigenvalue weighted by Gasteiger charge is -2.35. The van der Waals surface area contributed by atoms with Crippen LogP contribution in [0.25, 0.3) is 0 Å². The predicted molar refractivity (Wildman–Crippen MR) is 69.4 cm³/mol. The molecule has 3 nitrogen and oxygen atoms in total. The Bertz CT molecular complexity index is 237. The molecule has 0 aromatic heterocycles. The Hall–Kier alpha value is 0. The molecule has 0 N–H and O–H groups in total. The maximum absolute atomic E-state index is 11.8. The normalized spacial score (nSPS) is 27.7. The molecule has 1 aliphatic heterocycles. The standard InChI is InChI=1S/C11H20INO2/c1-8-7-13(6-5-9(8)12)10(14)15-11(2,3)4/h8-9H,5-7H2,1-4H3/t8-,9-/m1/s1. The zero-order valence-corrected chi connectivity index (χ0v) is 12.1. The van der Waals surface area contributed by atoms with Crippen LogP contribution in [0.1, 0.15) is 34.1 Å².